The molecule has 0 aliphatic carbocycles. The van der Waals surface area contributed by atoms with Crippen LogP contribution in [-0.2, 0) is 28.6 Å². The average molecular weight is 877 g/mol. The standard InChI is InChI=1S/C56H108O6/c1-5-7-9-11-13-15-17-18-20-24-28-31-35-39-43-47-54(57)60-50-53(62-56(59)49-45-41-37-33-26-16-14-12-10-8-6-2)51-61-55(58)48-44-40-36-32-29-25-22-19-21-23-27-30-34-38-42-46-52(3)4/h52-53H,5-51H2,1-4H3/t53-/m1/s1. The fourth-order valence-corrected chi connectivity index (χ4v) is 8.57. The number of carbonyl (C=O) groups is 3. The van der Waals surface area contributed by atoms with Crippen molar-refractivity contribution in [3.8, 4) is 0 Å². The minimum absolute atomic E-state index is 0.0621. The van der Waals surface area contributed by atoms with Crippen molar-refractivity contribution in [1.82, 2.24) is 0 Å². The van der Waals surface area contributed by atoms with Gasteiger partial charge < -0.3 is 14.2 Å². The van der Waals surface area contributed by atoms with Gasteiger partial charge >= 0.3 is 17.9 Å². The first-order valence-electron chi connectivity index (χ1n) is 27.9. The van der Waals surface area contributed by atoms with Gasteiger partial charge in [-0.2, -0.15) is 0 Å². The van der Waals surface area contributed by atoms with Crippen LogP contribution in [0, 0.1) is 5.92 Å². The molecule has 0 aromatic rings. The van der Waals surface area contributed by atoms with Crippen LogP contribution >= 0.6 is 0 Å². The van der Waals surface area contributed by atoms with Gasteiger partial charge in [0.25, 0.3) is 0 Å². The number of unbranched alkanes of at least 4 members (excludes halogenated alkanes) is 38. The van der Waals surface area contributed by atoms with E-state index < -0.39 is 6.10 Å². The van der Waals surface area contributed by atoms with Crippen LogP contribution in [0.25, 0.3) is 0 Å². The van der Waals surface area contributed by atoms with Crippen molar-refractivity contribution in [3.63, 3.8) is 0 Å². The van der Waals surface area contributed by atoms with Crippen LogP contribution in [0.3, 0.4) is 0 Å². The highest BCUT2D eigenvalue weighted by Crippen LogP contribution is 2.18. The zero-order chi connectivity index (χ0) is 45.2. The Kier molecular flexibility index (Phi) is 49.1. The zero-order valence-corrected chi connectivity index (χ0v) is 42.3. The summed E-state index contributed by atoms with van der Waals surface area (Å²) in [6.45, 7) is 9.05. The Morgan fingerprint density at radius 3 is 0.790 bits per heavy atom. The van der Waals surface area contributed by atoms with Crippen molar-refractivity contribution in [3.05, 3.63) is 0 Å². The van der Waals surface area contributed by atoms with E-state index in [1.807, 2.05) is 0 Å². The first kappa shape index (κ1) is 60.4. The molecule has 0 unspecified atom stereocenters. The second-order valence-electron chi connectivity index (χ2n) is 19.7. The first-order valence-corrected chi connectivity index (χ1v) is 27.9. The van der Waals surface area contributed by atoms with Gasteiger partial charge in [0.15, 0.2) is 6.10 Å². The normalized spacial score (nSPS) is 12.0. The van der Waals surface area contributed by atoms with Crippen LogP contribution in [0.4, 0.5) is 0 Å². The van der Waals surface area contributed by atoms with E-state index >= 15 is 0 Å². The molecule has 0 aliphatic rings. The van der Waals surface area contributed by atoms with E-state index in [-0.39, 0.29) is 31.1 Å². The summed E-state index contributed by atoms with van der Waals surface area (Å²) in [4.78, 5) is 38.0. The van der Waals surface area contributed by atoms with E-state index in [0.717, 1.165) is 63.7 Å². The number of carbonyl (C=O) groups excluding carboxylic acids is 3. The summed E-state index contributed by atoms with van der Waals surface area (Å²) in [5.74, 6) is 0.0104. The number of rotatable bonds is 51. The molecule has 0 saturated heterocycles. The van der Waals surface area contributed by atoms with E-state index in [1.165, 1.54) is 212 Å². The molecule has 62 heavy (non-hydrogen) atoms. The first-order chi connectivity index (χ1) is 30.4. The predicted octanol–water partition coefficient (Wildman–Crippen LogP) is 18.2. The summed E-state index contributed by atoms with van der Waals surface area (Å²) in [5, 5.41) is 0. The van der Waals surface area contributed by atoms with Gasteiger partial charge in [-0.3, -0.25) is 14.4 Å². The quantitative estimate of drug-likeness (QED) is 0.0344. The number of esters is 3. The molecule has 0 aromatic heterocycles. The highest BCUT2D eigenvalue weighted by atomic mass is 16.6. The molecular formula is C56H108O6. The van der Waals surface area contributed by atoms with E-state index in [0.29, 0.717) is 19.3 Å². The van der Waals surface area contributed by atoms with Gasteiger partial charge in [-0.15, -0.1) is 0 Å². The molecule has 6 heteroatoms. The Morgan fingerprint density at radius 1 is 0.306 bits per heavy atom. The van der Waals surface area contributed by atoms with Crippen LogP contribution in [0.2, 0.25) is 0 Å². The molecule has 0 amide bonds. The van der Waals surface area contributed by atoms with E-state index in [1.54, 1.807) is 0 Å². The lowest BCUT2D eigenvalue weighted by atomic mass is 10.0. The monoisotopic (exact) mass is 877 g/mol. The van der Waals surface area contributed by atoms with Gasteiger partial charge in [0.05, 0.1) is 0 Å². The Hall–Kier alpha value is -1.59. The minimum atomic E-state index is -0.760. The molecular weight excluding hydrogens is 769 g/mol. The van der Waals surface area contributed by atoms with E-state index in [4.69, 9.17) is 14.2 Å². The molecule has 0 N–H and O–H groups in total. The third-order valence-corrected chi connectivity index (χ3v) is 12.8. The lowest BCUT2D eigenvalue weighted by molar-refractivity contribution is -0.167. The second kappa shape index (κ2) is 50.4. The predicted molar refractivity (Wildman–Crippen MR) is 266 cm³/mol. The summed E-state index contributed by atoms with van der Waals surface area (Å²) in [6, 6.07) is 0. The number of hydrogen-bond donors (Lipinski definition) is 0. The molecule has 1 atom stereocenters. The molecule has 6 nitrogen and oxygen atoms in total. The van der Waals surface area contributed by atoms with Crippen LogP contribution in [-0.4, -0.2) is 37.2 Å². The van der Waals surface area contributed by atoms with Crippen LogP contribution in [0.1, 0.15) is 317 Å². The van der Waals surface area contributed by atoms with Crippen molar-refractivity contribution >= 4 is 17.9 Å². The van der Waals surface area contributed by atoms with E-state index in [2.05, 4.69) is 27.7 Å². The van der Waals surface area contributed by atoms with Gasteiger partial charge in [0, 0.05) is 19.3 Å². The smallest absolute Gasteiger partial charge is 0.306 e. The highest BCUT2D eigenvalue weighted by Gasteiger charge is 2.19. The molecule has 0 saturated carbocycles. The van der Waals surface area contributed by atoms with E-state index in [9.17, 15) is 14.4 Å². The van der Waals surface area contributed by atoms with Crippen LogP contribution < -0.4 is 0 Å². The second-order valence-corrected chi connectivity index (χ2v) is 19.7. The maximum Gasteiger partial charge on any atom is 0.306 e. The number of ether oxygens (including phenoxy) is 3. The third kappa shape index (κ3) is 49.4. The lowest BCUT2D eigenvalue weighted by Gasteiger charge is -2.18. The average Bonchev–Trinajstić information content (AvgIpc) is 3.26. The highest BCUT2D eigenvalue weighted by molar-refractivity contribution is 5.71. The Balaban J connectivity index is 4.25. The summed E-state index contributed by atoms with van der Waals surface area (Å²) < 4.78 is 16.8. The summed E-state index contributed by atoms with van der Waals surface area (Å²) in [6.07, 6.45) is 53.7. The Morgan fingerprint density at radius 2 is 0.532 bits per heavy atom. The van der Waals surface area contributed by atoms with Gasteiger partial charge in [-0.25, -0.2) is 0 Å². The molecule has 0 fully saturated rings. The molecule has 0 spiro atoms. The summed E-state index contributed by atoms with van der Waals surface area (Å²) in [5.41, 5.74) is 0. The van der Waals surface area contributed by atoms with Crippen molar-refractivity contribution in [1.29, 1.82) is 0 Å². The molecule has 0 aromatic carbocycles. The SMILES string of the molecule is CCCCCCCCCCCCCCCCCC(=O)OC[C@H](COC(=O)CCCCCCCCCCCCCCCCCC(C)C)OC(=O)CCCCCCCCCCCCC. The summed E-state index contributed by atoms with van der Waals surface area (Å²) >= 11 is 0. The van der Waals surface area contributed by atoms with Crippen molar-refractivity contribution in [2.75, 3.05) is 13.2 Å². The Labute approximate surface area is 387 Å². The van der Waals surface area contributed by atoms with Crippen LogP contribution in [0.5, 0.6) is 0 Å². The number of hydrogen-bond acceptors (Lipinski definition) is 6. The largest absolute Gasteiger partial charge is 0.462 e. The minimum Gasteiger partial charge on any atom is -0.462 e. The fraction of sp³-hybridized carbons (Fsp3) is 0.946. The molecule has 0 heterocycles. The van der Waals surface area contributed by atoms with Gasteiger partial charge in [-0.05, 0) is 25.2 Å². The maximum absolute atomic E-state index is 12.8. The maximum atomic E-state index is 12.8. The van der Waals surface area contributed by atoms with Crippen LogP contribution in [0.15, 0.2) is 0 Å². The van der Waals surface area contributed by atoms with Crippen molar-refractivity contribution in [2.24, 2.45) is 5.92 Å². The fourth-order valence-electron chi connectivity index (χ4n) is 8.57. The van der Waals surface area contributed by atoms with Gasteiger partial charge in [-0.1, -0.05) is 278 Å². The van der Waals surface area contributed by atoms with Crippen molar-refractivity contribution < 1.29 is 28.6 Å². The molecule has 0 aliphatic heterocycles. The summed E-state index contributed by atoms with van der Waals surface area (Å²) in [7, 11) is 0. The molecule has 368 valence electrons. The Bertz CT molecular complexity index is 933. The lowest BCUT2D eigenvalue weighted by Crippen LogP contribution is -2.30. The third-order valence-electron chi connectivity index (χ3n) is 12.8. The molecule has 0 rings (SSSR count). The topological polar surface area (TPSA) is 78.9 Å². The van der Waals surface area contributed by atoms with Gasteiger partial charge in [0.2, 0.25) is 0 Å². The van der Waals surface area contributed by atoms with Gasteiger partial charge in [0.1, 0.15) is 13.2 Å². The van der Waals surface area contributed by atoms with Crippen molar-refractivity contribution in [2.45, 2.75) is 323 Å². The molecule has 0 bridgehead atoms. The zero-order valence-electron chi connectivity index (χ0n) is 42.3. The molecule has 0 radical (unpaired) electrons.